The van der Waals surface area contributed by atoms with E-state index >= 15 is 0 Å². The molecular formula is C15H21ClN2O3S. The van der Waals surface area contributed by atoms with Crippen LogP contribution in [0.2, 0.25) is 5.02 Å². The van der Waals surface area contributed by atoms with Gasteiger partial charge in [0, 0.05) is 37.3 Å². The lowest BCUT2D eigenvalue weighted by Crippen LogP contribution is -2.67. The van der Waals surface area contributed by atoms with E-state index in [1.165, 1.54) is 0 Å². The lowest BCUT2D eigenvalue weighted by atomic mass is 9.87. The number of likely N-dealkylation sites (tertiary alicyclic amines) is 1. The number of nitrogens with zero attached hydrogens (tertiary/aromatic N) is 2. The van der Waals surface area contributed by atoms with Gasteiger partial charge in [0.05, 0.1) is 11.5 Å². The summed E-state index contributed by atoms with van der Waals surface area (Å²) >= 11 is 5.83. The number of benzene rings is 1. The largest absolute Gasteiger partial charge is 0.384 e. The van der Waals surface area contributed by atoms with Gasteiger partial charge in [-0.25, -0.2) is 8.42 Å². The average Bonchev–Trinajstić information content (AvgIpc) is 2.75. The Bertz CT molecular complexity index is 641. The molecule has 1 aromatic rings. The van der Waals surface area contributed by atoms with Crippen LogP contribution in [0, 0.1) is 5.92 Å². The molecule has 1 unspecified atom stereocenters. The zero-order valence-electron chi connectivity index (χ0n) is 12.8. The summed E-state index contributed by atoms with van der Waals surface area (Å²) in [6, 6.07) is 6.35. The fourth-order valence-electron chi connectivity index (χ4n) is 3.59. The first-order valence-electron chi connectivity index (χ1n) is 7.33. The van der Waals surface area contributed by atoms with Crippen molar-refractivity contribution in [2.75, 3.05) is 40.4 Å². The molecule has 0 saturated carbocycles. The molecule has 5 nitrogen and oxygen atoms in total. The molecule has 2 aliphatic rings. The second-order valence-corrected chi connectivity index (χ2v) is 8.73. The first kappa shape index (κ1) is 16.2. The molecule has 0 N–H and O–H groups in total. The minimum atomic E-state index is -3.42. The van der Waals surface area contributed by atoms with E-state index in [1.807, 2.05) is 0 Å². The minimum absolute atomic E-state index is 0.0251. The van der Waals surface area contributed by atoms with Gasteiger partial charge in [-0.2, -0.15) is 4.31 Å². The van der Waals surface area contributed by atoms with Crippen LogP contribution in [0.15, 0.2) is 29.2 Å². The van der Waals surface area contributed by atoms with Gasteiger partial charge < -0.3 is 4.74 Å². The first-order chi connectivity index (χ1) is 10.4. The van der Waals surface area contributed by atoms with Gasteiger partial charge in [-0.05, 0) is 43.7 Å². The predicted octanol–water partition coefficient (Wildman–Crippen LogP) is 1.68. The second-order valence-electron chi connectivity index (χ2n) is 6.36. The molecule has 1 aromatic carbocycles. The number of sulfonamides is 1. The minimum Gasteiger partial charge on any atom is -0.384 e. The molecule has 22 heavy (non-hydrogen) atoms. The third-order valence-corrected chi connectivity index (χ3v) is 6.86. The van der Waals surface area contributed by atoms with Gasteiger partial charge in [-0.3, -0.25) is 4.90 Å². The van der Waals surface area contributed by atoms with Crippen molar-refractivity contribution in [2.45, 2.75) is 16.9 Å². The molecule has 7 heteroatoms. The highest BCUT2D eigenvalue weighted by molar-refractivity contribution is 7.89. The summed E-state index contributed by atoms with van der Waals surface area (Å²) in [6.07, 6.45) is 0.990. The number of halogens is 1. The summed E-state index contributed by atoms with van der Waals surface area (Å²) in [6.45, 7) is 2.79. The highest BCUT2D eigenvalue weighted by atomic mass is 35.5. The molecule has 1 spiro atoms. The van der Waals surface area contributed by atoms with Crippen molar-refractivity contribution in [1.82, 2.24) is 9.21 Å². The fourth-order valence-corrected chi connectivity index (χ4v) is 5.32. The fraction of sp³-hybridized carbons (Fsp3) is 0.600. The normalized spacial score (nSPS) is 25.5. The van der Waals surface area contributed by atoms with E-state index in [0.717, 1.165) is 19.6 Å². The number of hydrogen-bond acceptors (Lipinski definition) is 4. The third-order valence-electron chi connectivity index (χ3n) is 4.81. The first-order valence-corrected chi connectivity index (χ1v) is 9.15. The average molecular weight is 345 g/mol. The van der Waals surface area contributed by atoms with E-state index < -0.39 is 10.0 Å². The SMILES string of the molecule is COCC1CN(C)C2(C1)CN(S(=O)(=O)c1ccc(Cl)cc1)C2. The molecule has 1 atom stereocenters. The molecule has 3 rings (SSSR count). The monoisotopic (exact) mass is 344 g/mol. The summed E-state index contributed by atoms with van der Waals surface area (Å²) in [7, 11) is 0.364. The third kappa shape index (κ3) is 2.67. The Morgan fingerprint density at radius 3 is 2.55 bits per heavy atom. The molecule has 2 saturated heterocycles. The van der Waals surface area contributed by atoms with Gasteiger partial charge >= 0.3 is 0 Å². The van der Waals surface area contributed by atoms with E-state index in [0.29, 0.717) is 28.9 Å². The second kappa shape index (κ2) is 5.76. The molecular weight excluding hydrogens is 324 g/mol. The maximum atomic E-state index is 12.6. The predicted molar refractivity (Wildman–Crippen MR) is 85.6 cm³/mol. The number of rotatable bonds is 4. The molecule has 0 bridgehead atoms. The Labute approximate surface area is 136 Å². The maximum absolute atomic E-state index is 12.6. The molecule has 2 heterocycles. The van der Waals surface area contributed by atoms with E-state index in [1.54, 1.807) is 35.7 Å². The van der Waals surface area contributed by atoms with Crippen molar-refractivity contribution in [3.8, 4) is 0 Å². The molecule has 2 aliphatic heterocycles. The smallest absolute Gasteiger partial charge is 0.243 e. The summed E-state index contributed by atoms with van der Waals surface area (Å²) in [5.41, 5.74) is -0.0251. The van der Waals surface area contributed by atoms with Crippen LogP contribution in [0.5, 0.6) is 0 Å². The van der Waals surface area contributed by atoms with Gasteiger partial charge in [0.1, 0.15) is 0 Å². The Morgan fingerprint density at radius 1 is 1.32 bits per heavy atom. The highest BCUT2D eigenvalue weighted by Crippen LogP contribution is 2.41. The number of hydrogen-bond donors (Lipinski definition) is 0. The van der Waals surface area contributed by atoms with Crippen molar-refractivity contribution < 1.29 is 13.2 Å². The number of methoxy groups -OCH3 is 1. The van der Waals surface area contributed by atoms with Crippen molar-refractivity contribution in [3.63, 3.8) is 0 Å². The van der Waals surface area contributed by atoms with Crippen LogP contribution in [0.4, 0.5) is 0 Å². The Kier molecular flexibility index (Phi) is 4.24. The Morgan fingerprint density at radius 2 is 1.95 bits per heavy atom. The van der Waals surface area contributed by atoms with Crippen LogP contribution in [-0.4, -0.2) is 63.6 Å². The standard InChI is InChI=1S/C15H21ClN2O3S/c1-17-8-12(9-21-2)7-15(17)10-18(11-15)22(19,20)14-5-3-13(16)4-6-14/h3-6,12H,7-11H2,1-2H3. The number of ether oxygens (including phenoxy) is 1. The lowest BCUT2D eigenvalue weighted by Gasteiger charge is -2.50. The van der Waals surface area contributed by atoms with E-state index in [-0.39, 0.29) is 5.54 Å². The Balaban J connectivity index is 1.71. The van der Waals surface area contributed by atoms with Crippen LogP contribution >= 0.6 is 11.6 Å². The van der Waals surface area contributed by atoms with Crippen LogP contribution in [-0.2, 0) is 14.8 Å². The zero-order valence-corrected chi connectivity index (χ0v) is 14.4. The van der Waals surface area contributed by atoms with Crippen molar-refractivity contribution >= 4 is 21.6 Å². The van der Waals surface area contributed by atoms with Gasteiger partial charge in [0.25, 0.3) is 0 Å². The topological polar surface area (TPSA) is 49.9 Å². The summed E-state index contributed by atoms with van der Waals surface area (Å²) in [5.74, 6) is 0.482. The van der Waals surface area contributed by atoms with Crippen LogP contribution in [0.1, 0.15) is 6.42 Å². The molecule has 122 valence electrons. The zero-order chi connectivity index (χ0) is 16.0. The maximum Gasteiger partial charge on any atom is 0.243 e. The Hall–Kier alpha value is -0.660. The van der Waals surface area contributed by atoms with Gasteiger partial charge in [-0.15, -0.1) is 0 Å². The van der Waals surface area contributed by atoms with Crippen LogP contribution in [0.3, 0.4) is 0 Å². The summed E-state index contributed by atoms with van der Waals surface area (Å²) in [4.78, 5) is 2.59. The molecule has 0 amide bonds. The van der Waals surface area contributed by atoms with Crippen LogP contribution in [0.25, 0.3) is 0 Å². The van der Waals surface area contributed by atoms with Crippen molar-refractivity contribution in [1.29, 1.82) is 0 Å². The molecule has 0 radical (unpaired) electrons. The molecule has 2 fully saturated rings. The molecule has 0 aliphatic carbocycles. The highest BCUT2D eigenvalue weighted by Gasteiger charge is 2.55. The van der Waals surface area contributed by atoms with E-state index in [4.69, 9.17) is 16.3 Å². The van der Waals surface area contributed by atoms with E-state index in [2.05, 4.69) is 11.9 Å². The summed E-state index contributed by atoms with van der Waals surface area (Å²) < 4.78 is 32.0. The van der Waals surface area contributed by atoms with Crippen molar-refractivity contribution in [2.24, 2.45) is 5.92 Å². The van der Waals surface area contributed by atoms with Gasteiger partial charge in [0.15, 0.2) is 0 Å². The van der Waals surface area contributed by atoms with E-state index in [9.17, 15) is 8.42 Å². The van der Waals surface area contributed by atoms with Crippen LogP contribution < -0.4 is 0 Å². The molecule has 0 aromatic heterocycles. The quantitative estimate of drug-likeness (QED) is 0.834. The summed E-state index contributed by atoms with van der Waals surface area (Å²) in [5, 5.41) is 0.539. The lowest BCUT2D eigenvalue weighted by molar-refractivity contribution is 0.0372. The van der Waals surface area contributed by atoms with Crippen molar-refractivity contribution in [3.05, 3.63) is 29.3 Å². The number of likely N-dealkylation sites (N-methyl/N-ethyl adjacent to an activating group) is 1. The van der Waals surface area contributed by atoms with Gasteiger partial charge in [-0.1, -0.05) is 11.6 Å². The van der Waals surface area contributed by atoms with Gasteiger partial charge in [0.2, 0.25) is 10.0 Å².